The number of aliphatic hydroxyl groups excluding tert-OH is 1. The van der Waals surface area contributed by atoms with Crippen molar-refractivity contribution in [2.45, 2.75) is 33.7 Å². The first kappa shape index (κ1) is 15.1. The van der Waals surface area contributed by atoms with Crippen LogP contribution in [0.1, 0.15) is 28.7 Å². The third kappa shape index (κ3) is 4.40. The van der Waals surface area contributed by atoms with E-state index in [1.54, 1.807) is 0 Å². The van der Waals surface area contributed by atoms with Crippen molar-refractivity contribution in [3.63, 3.8) is 0 Å². The molecule has 0 saturated heterocycles. The first-order valence-corrected chi connectivity index (χ1v) is 7.66. The van der Waals surface area contributed by atoms with Crippen molar-refractivity contribution >= 4 is 10.0 Å². The summed E-state index contributed by atoms with van der Waals surface area (Å²) < 4.78 is 25.8. The highest BCUT2D eigenvalue weighted by atomic mass is 32.2. The Hall–Kier alpha value is -0.910. The van der Waals surface area contributed by atoms with Crippen molar-refractivity contribution in [2.75, 3.05) is 12.4 Å². The zero-order chi connectivity index (χ0) is 13.8. The minimum atomic E-state index is -3.30. The van der Waals surface area contributed by atoms with E-state index in [0.29, 0.717) is 6.54 Å². The highest BCUT2D eigenvalue weighted by Crippen LogP contribution is 2.16. The normalized spacial score (nSPS) is 11.8. The summed E-state index contributed by atoms with van der Waals surface area (Å²) in [6.45, 7) is 6.19. The summed E-state index contributed by atoms with van der Waals surface area (Å²) in [5, 5.41) is 8.64. The minimum absolute atomic E-state index is 0.0343. The van der Waals surface area contributed by atoms with Gasteiger partial charge in [0, 0.05) is 13.2 Å². The van der Waals surface area contributed by atoms with E-state index in [-0.39, 0.29) is 18.8 Å². The van der Waals surface area contributed by atoms with E-state index in [2.05, 4.69) is 4.72 Å². The second kappa shape index (κ2) is 6.31. The van der Waals surface area contributed by atoms with Gasteiger partial charge in [0.05, 0.1) is 5.75 Å². The highest BCUT2D eigenvalue weighted by molar-refractivity contribution is 7.89. The Morgan fingerprint density at radius 2 is 1.72 bits per heavy atom. The fourth-order valence-corrected chi connectivity index (χ4v) is 3.02. The molecule has 0 aliphatic heterocycles. The van der Waals surface area contributed by atoms with Crippen molar-refractivity contribution in [2.24, 2.45) is 0 Å². The summed E-state index contributed by atoms with van der Waals surface area (Å²) in [6.07, 6.45) is 0.265. The van der Waals surface area contributed by atoms with E-state index in [1.807, 2.05) is 32.9 Å². The van der Waals surface area contributed by atoms with Gasteiger partial charge in [-0.3, -0.25) is 0 Å². The molecule has 102 valence electrons. The third-order valence-corrected chi connectivity index (χ3v) is 4.29. The van der Waals surface area contributed by atoms with E-state index in [0.717, 1.165) is 16.7 Å². The Morgan fingerprint density at radius 3 is 2.22 bits per heavy atom. The Morgan fingerprint density at radius 1 is 1.17 bits per heavy atom. The Bertz CT molecular complexity index is 486. The number of hydrogen-bond donors (Lipinski definition) is 2. The molecule has 0 aliphatic carbocycles. The number of rotatable bonds is 6. The average molecular weight is 271 g/mol. The molecule has 0 amide bonds. The molecule has 0 aliphatic rings. The number of benzene rings is 1. The van der Waals surface area contributed by atoms with Crippen LogP contribution in [-0.4, -0.2) is 25.9 Å². The molecule has 5 heteroatoms. The van der Waals surface area contributed by atoms with Crippen LogP contribution in [0.15, 0.2) is 12.1 Å². The molecule has 0 aromatic heterocycles. The molecule has 18 heavy (non-hydrogen) atoms. The van der Waals surface area contributed by atoms with E-state index in [9.17, 15) is 8.42 Å². The van der Waals surface area contributed by atoms with Gasteiger partial charge in [-0.25, -0.2) is 13.1 Å². The lowest BCUT2D eigenvalue weighted by molar-refractivity contribution is 0.295. The van der Waals surface area contributed by atoms with Gasteiger partial charge < -0.3 is 5.11 Å². The lowest BCUT2D eigenvalue weighted by Gasteiger charge is -2.12. The van der Waals surface area contributed by atoms with E-state index in [4.69, 9.17) is 5.11 Å². The molecule has 4 nitrogen and oxygen atoms in total. The van der Waals surface area contributed by atoms with E-state index >= 15 is 0 Å². The van der Waals surface area contributed by atoms with Crippen molar-refractivity contribution in [3.8, 4) is 0 Å². The monoisotopic (exact) mass is 271 g/mol. The van der Waals surface area contributed by atoms with Gasteiger partial charge in [0.2, 0.25) is 10.0 Å². The molecule has 0 atom stereocenters. The van der Waals surface area contributed by atoms with Crippen LogP contribution in [0.2, 0.25) is 0 Å². The van der Waals surface area contributed by atoms with Crippen molar-refractivity contribution in [1.29, 1.82) is 0 Å². The number of sulfonamides is 1. The molecule has 0 fully saturated rings. The summed E-state index contributed by atoms with van der Waals surface area (Å²) in [4.78, 5) is 0. The molecule has 0 unspecified atom stereocenters. The fraction of sp³-hybridized carbons (Fsp3) is 0.538. The molecule has 0 radical (unpaired) electrons. The Labute approximate surface area is 109 Å². The van der Waals surface area contributed by atoms with Gasteiger partial charge in [-0.1, -0.05) is 17.7 Å². The standard InChI is InChI=1S/C13H21NO3S/c1-10-7-11(2)13(12(3)8-10)9-14-18(16,17)6-4-5-15/h7-8,14-15H,4-6,9H2,1-3H3. The predicted molar refractivity (Wildman–Crippen MR) is 73.0 cm³/mol. The maximum Gasteiger partial charge on any atom is 0.211 e. The molecule has 0 bridgehead atoms. The summed E-state index contributed by atoms with van der Waals surface area (Å²) in [5.74, 6) is -0.0343. The van der Waals surface area contributed by atoms with Crippen molar-refractivity contribution < 1.29 is 13.5 Å². The second-order valence-electron chi connectivity index (χ2n) is 4.59. The van der Waals surface area contributed by atoms with Gasteiger partial charge in [-0.15, -0.1) is 0 Å². The van der Waals surface area contributed by atoms with Crippen LogP contribution in [0.25, 0.3) is 0 Å². The molecule has 0 saturated carbocycles. The van der Waals surface area contributed by atoms with E-state index < -0.39 is 10.0 Å². The van der Waals surface area contributed by atoms with E-state index in [1.165, 1.54) is 5.56 Å². The topological polar surface area (TPSA) is 66.4 Å². The summed E-state index contributed by atoms with van der Waals surface area (Å²) in [6, 6.07) is 4.09. The zero-order valence-corrected chi connectivity index (χ0v) is 12.0. The van der Waals surface area contributed by atoms with Gasteiger partial charge in [-0.2, -0.15) is 0 Å². The van der Waals surface area contributed by atoms with Crippen LogP contribution >= 0.6 is 0 Å². The average Bonchev–Trinajstić information content (AvgIpc) is 2.24. The summed E-state index contributed by atoms with van der Waals surface area (Å²) in [5.41, 5.74) is 4.39. The van der Waals surface area contributed by atoms with Gasteiger partial charge in [0.1, 0.15) is 0 Å². The smallest absolute Gasteiger partial charge is 0.211 e. The van der Waals surface area contributed by atoms with Crippen LogP contribution in [0.3, 0.4) is 0 Å². The summed E-state index contributed by atoms with van der Waals surface area (Å²) >= 11 is 0. The lowest BCUT2D eigenvalue weighted by Crippen LogP contribution is -2.27. The van der Waals surface area contributed by atoms with Crippen LogP contribution in [-0.2, 0) is 16.6 Å². The molecular weight excluding hydrogens is 250 g/mol. The molecule has 2 N–H and O–H groups in total. The highest BCUT2D eigenvalue weighted by Gasteiger charge is 2.11. The van der Waals surface area contributed by atoms with Gasteiger partial charge in [0.15, 0.2) is 0 Å². The lowest BCUT2D eigenvalue weighted by atomic mass is 10.0. The Balaban J connectivity index is 2.75. The van der Waals surface area contributed by atoms with Gasteiger partial charge in [-0.05, 0) is 43.9 Å². The first-order valence-electron chi connectivity index (χ1n) is 6.00. The zero-order valence-electron chi connectivity index (χ0n) is 11.2. The first-order chi connectivity index (χ1) is 8.35. The van der Waals surface area contributed by atoms with Crippen LogP contribution in [0.4, 0.5) is 0 Å². The fourth-order valence-electron chi connectivity index (χ4n) is 2.00. The van der Waals surface area contributed by atoms with Crippen molar-refractivity contribution in [1.82, 2.24) is 4.72 Å². The third-order valence-electron chi connectivity index (χ3n) is 2.88. The van der Waals surface area contributed by atoms with Crippen LogP contribution in [0.5, 0.6) is 0 Å². The molecule has 1 aromatic rings. The number of hydrogen-bond acceptors (Lipinski definition) is 3. The maximum absolute atomic E-state index is 11.6. The molecule has 1 aromatic carbocycles. The van der Waals surface area contributed by atoms with Gasteiger partial charge >= 0.3 is 0 Å². The van der Waals surface area contributed by atoms with Crippen LogP contribution in [0, 0.1) is 20.8 Å². The van der Waals surface area contributed by atoms with Crippen molar-refractivity contribution in [3.05, 3.63) is 34.4 Å². The molecule has 0 spiro atoms. The SMILES string of the molecule is Cc1cc(C)c(CNS(=O)(=O)CCCO)c(C)c1. The number of aryl methyl sites for hydroxylation is 3. The molecular formula is C13H21NO3S. The predicted octanol–water partition coefficient (Wildman–Crippen LogP) is 1.41. The number of aliphatic hydroxyl groups is 1. The Kier molecular flexibility index (Phi) is 5.31. The molecule has 0 heterocycles. The molecule has 1 rings (SSSR count). The quantitative estimate of drug-likeness (QED) is 0.822. The van der Waals surface area contributed by atoms with Gasteiger partial charge in [0.25, 0.3) is 0 Å². The summed E-state index contributed by atoms with van der Waals surface area (Å²) in [7, 11) is -3.30. The largest absolute Gasteiger partial charge is 0.396 e. The second-order valence-corrected chi connectivity index (χ2v) is 6.52. The minimum Gasteiger partial charge on any atom is -0.396 e. The van der Waals surface area contributed by atoms with Crippen LogP contribution < -0.4 is 4.72 Å². The number of nitrogens with one attached hydrogen (secondary N) is 1. The maximum atomic E-state index is 11.6.